The lowest BCUT2D eigenvalue weighted by Gasteiger charge is -2.39. The summed E-state index contributed by atoms with van der Waals surface area (Å²) in [4.78, 5) is 19.8. The van der Waals surface area contributed by atoms with Gasteiger partial charge >= 0.3 is 0 Å². The van der Waals surface area contributed by atoms with Crippen LogP contribution in [0.4, 0.5) is 0 Å². The average molecular weight is 767 g/mol. The minimum Gasteiger partial charge on any atom is -0.457 e. The first-order valence-corrected chi connectivity index (χ1v) is 20.2. The van der Waals surface area contributed by atoms with Crippen molar-refractivity contribution < 1.29 is 4.74 Å². The molecule has 1 aliphatic carbocycles. The molecule has 1 aliphatic heterocycles. The highest BCUT2D eigenvalue weighted by atomic mass is 16.5. The fourth-order valence-corrected chi connectivity index (χ4v) is 9.36. The van der Waals surface area contributed by atoms with Gasteiger partial charge in [-0.2, -0.15) is 0 Å². The van der Waals surface area contributed by atoms with E-state index in [-0.39, 0.29) is 0 Å². The van der Waals surface area contributed by atoms with Gasteiger partial charge in [-0.25, -0.2) is 15.0 Å². The largest absolute Gasteiger partial charge is 0.457 e. The Labute approximate surface area is 347 Å². The van der Waals surface area contributed by atoms with Gasteiger partial charge in [-0.1, -0.05) is 164 Å². The predicted molar refractivity (Wildman–Crippen MR) is 240 cm³/mol. The lowest BCUT2D eigenvalue weighted by molar-refractivity contribution is 0.436. The van der Waals surface area contributed by atoms with Gasteiger partial charge in [0.15, 0.2) is 17.5 Å². The minimum absolute atomic E-state index is 0.608. The molecular weight excluding hydrogens is 733 g/mol. The smallest absolute Gasteiger partial charge is 0.164 e. The number of ether oxygens (including phenoxy) is 1. The van der Waals surface area contributed by atoms with Gasteiger partial charge in [0.05, 0.1) is 10.9 Å². The zero-order valence-electron chi connectivity index (χ0n) is 32.3. The van der Waals surface area contributed by atoms with Crippen molar-refractivity contribution in [3.05, 3.63) is 229 Å². The molecule has 5 heteroatoms. The van der Waals surface area contributed by atoms with E-state index < -0.39 is 5.41 Å². The van der Waals surface area contributed by atoms with Crippen molar-refractivity contribution in [1.82, 2.24) is 19.9 Å². The minimum atomic E-state index is -0.608. The number of hydrogen-bond donors (Lipinski definition) is 0. The number of pyridine rings is 1. The van der Waals surface area contributed by atoms with E-state index in [0.717, 1.165) is 72.5 Å². The van der Waals surface area contributed by atoms with Gasteiger partial charge in [0.2, 0.25) is 0 Å². The summed E-state index contributed by atoms with van der Waals surface area (Å²) in [6.07, 6.45) is 1.85. The van der Waals surface area contributed by atoms with Crippen LogP contribution in [0.25, 0.3) is 78.4 Å². The Morgan fingerprint density at radius 3 is 1.48 bits per heavy atom. The van der Waals surface area contributed by atoms with Crippen molar-refractivity contribution in [2.24, 2.45) is 0 Å². The third-order valence-electron chi connectivity index (χ3n) is 12.1. The maximum Gasteiger partial charge on any atom is 0.164 e. The number of nitrogens with zero attached hydrogens (tertiary/aromatic N) is 4. The first-order valence-electron chi connectivity index (χ1n) is 20.2. The molecule has 2 aromatic heterocycles. The van der Waals surface area contributed by atoms with Crippen LogP contribution in [0.1, 0.15) is 22.3 Å². The summed E-state index contributed by atoms with van der Waals surface area (Å²) >= 11 is 0. The van der Waals surface area contributed by atoms with Crippen molar-refractivity contribution in [2.45, 2.75) is 5.41 Å². The van der Waals surface area contributed by atoms with Gasteiger partial charge in [-0.15, -0.1) is 0 Å². The number of benzene rings is 8. The molecule has 0 saturated heterocycles. The molecular formula is C55H34N4O. The Balaban J connectivity index is 1.06. The van der Waals surface area contributed by atoms with Crippen LogP contribution in [0.5, 0.6) is 11.5 Å². The van der Waals surface area contributed by atoms with Crippen molar-refractivity contribution >= 4 is 10.9 Å². The van der Waals surface area contributed by atoms with E-state index in [1.54, 1.807) is 0 Å². The second-order valence-corrected chi connectivity index (χ2v) is 15.4. The molecule has 2 aliphatic rings. The molecule has 3 heterocycles. The predicted octanol–water partition coefficient (Wildman–Crippen LogP) is 13.2. The Morgan fingerprint density at radius 2 is 0.850 bits per heavy atom. The van der Waals surface area contributed by atoms with Gasteiger partial charge < -0.3 is 4.74 Å². The molecule has 12 rings (SSSR count). The molecule has 0 fully saturated rings. The van der Waals surface area contributed by atoms with Crippen molar-refractivity contribution in [3.63, 3.8) is 0 Å². The molecule has 0 saturated carbocycles. The van der Waals surface area contributed by atoms with Crippen LogP contribution in [0, 0.1) is 0 Å². The fourth-order valence-electron chi connectivity index (χ4n) is 9.36. The zero-order valence-corrected chi connectivity index (χ0v) is 32.3. The summed E-state index contributed by atoms with van der Waals surface area (Å²) in [5.74, 6) is 3.61. The van der Waals surface area contributed by atoms with E-state index in [1.807, 2.05) is 72.9 Å². The van der Waals surface area contributed by atoms with E-state index in [0.29, 0.717) is 17.5 Å². The Kier molecular flexibility index (Phi) is 7.69. The van der Waals surface area contributed by atoms with Crippen molar-refractivity contribution in [2.75, 3.05) is 0 Å². The van der Waals surface area contributed by atoms with Gasteiger partial charge in [0, 0.05) is 39.4 Å². The maximum atomic E-state index is 6.63. The highest BCUT2D eigenvalue weighted by molar-refractivity contribution is 5.96. The average Bonchev–Trinajstić information content (AvgIpc) is 3.61. The second-order valence-electron chi connectivity index (χ2n) is 15.4. The van der Waals surface area contributed by atoms with E-state index in [1.165, 1.54) is 22.3 Å². The van der Waals surface area contributed by atoms with Gasteiger partial charge in [-0.05, 0) is 80.9 Å². The van der Waals surface area contributed by atoms with Crippen LogP contribution in [-0.4, -0.2) is 19.9 Å². The quantitative estimate of drug-likeness (QED) is 0.175. The molecule has 0 unspecified atom stereocenters. The van der Waals surface area contributed by atoms with Crippen LogP contribution < -0.4 is 4.74 Å². The normalized spacial score (nSPS) is 12.9. The van der Waals surface area contributed by atoms with E-state index >= 15 is 0 Å². The zero-order chi connectivity index (χ0) is 39.6. The summed E-state index contributed by atoms with van der Waals surface area (Å²) in [5.41, 5.74) is 14.7. The lowest BCUT2D eigenvalue weighted by Crippen LogP contribution is -2.32. The van der Waals surface area contributed by atoms with Crippen LogP contribution in [-0.2, 0) is 5.41 Å². The van der Waals surface area contributed by atoms with Crippen molar-refractivity contribution in [1.29, 1.82) is 0 Å². The van der Waals surface area contributed by atoms with E-state index in [2.05, 4.69) is 138 Å². The van der Waals surface area contributed by atoms with E-state index in [4.69, 9.17) is 19.7 Å². The number of para-hydroxylation sites is 2. The maximum absolute atomic E-state index is 6.63. The monoisotopic (exact) mass is 766 g/mol. The highest BCUT2D eigenvalue weighted by Crippen LogP contribution is 2.62. The summed E-state index contributed by atoms with van der Waals surface area (Å²) in [5, 5.41) is 1.14. The molecule has 280 valence electrons. The second kappa shape index (κ2) is 13.5. The molecule has 1 spiro atoms. The van der Waals surface area contributed by atoms with Crippen LogP contribution in [0.3, 0.4) is 0 Å². The number of fused-ring (bicyclic) bond motifs is 10. The molecule has 0 N–H and O–H groups in total. The summed E-state index contributed by atoms with van der Waals surface area (Å²) in [6.45, 7) is 0. The summed E-state index contributed by atoms with van der Waals surface area (Å²) < 4.78 is 6.63. The molecule has 0 bridgehead atoms. The highest BCUT2D eigenvalue weighted by Gasteiger charge is 2.51. The molecule has 60 heavy (non-hydrogen) atoms. The first kappa shape index (κ1) is 34.1. The van der Waals surface area contributed by atoms with Gasteiger partial charge in [0.25, 0.3) is 0 Å². The number of rotatable bonds is 5. The van der Waals surface area contributed by atoms with Crippen LogP contribution >= 0.6 is 0 Å². The Morgan fingerprint density at radius 1 is 0.333 bits per heavy atom. The molecule has 5 nitrogen and oxygen atoms in total. The van der Waals surface area contributed by atoms with Crippen molar-refractivity contribution in [3.8, 4) is 79.0 Å². The third-order valence-corrected chi connectivity index (χ3v) is 12.1. The molecule has 8 aromatic carbocycles. The molecule has 0 radical (unpaired) electrons. The first-order chi connectivity index (χ1) is 29.7. The summed E-state index contributed by atoms with van der Waals surface area (Å²) in [6, 6.07) is 70.3. The molecule has 10 aromatic rings. The standard InChI is InChI=1S/C55H34N4O/c1-3-13-37(14-4-1)52-57-53(38-15-5-2-6-16-38)59-54(58-52)40-29-31-46-44(34-40)43-33-39(35-24-26-36(27-25-35)41-17-11-21-49-42(41)18-12-32-56-49)28-30-45(43)55(46)47-19-7-9-22-50(47)60-51-23-10-8-20-48(51)55/h1-34H. The number of aromatic nitrogens is 4. The molecule has 0 atom stereocenters. The van der Waals surface area contributed by atoms with Crippen LogP contribution in [0.15, 0.2) is 206 Å². The lowest BCUT2D eigenvalue weighted by atomic mass is 9.66. The van der Waals surface area contributed by atoms with Gasteiger partial charge in [-0.3, -0.25) is 4.98 Å². The Bertz CT molecular complexity index is 3180. The third kappa shape index (κ3) is 5.26. The SMILES string of the molecule is c1ccc(-c2nc(-c3ccccc3)nc(-c3ccc4c(c3)-c3cc(-c5ccc(-c6cccc7ncccc67)cc5)ccc3C43c4ccccc4Oc4ccccc43)n2)cc1. The van der Waals surface area contributed by atoms with E-state index in [9.17, 15) is 0 Å². The number of hydrogen-bond acceptors (Lipinski definition) is 5. The Hall–Kier alpha value is -8.02. The summed E-state index contributed by atoms with van der Waals surface area (Å²) in [7, 11) is 0. The van der Waals surface area contributed by atoms with Crippen LogP contribution in [0.2, 0.25) is 0 Å². The topological polar surface area (TPSA) is 60.8 Å². The molecule has 0 amide bonds. The fraction of sp³-hybridized carbons (Fsp3) is 0.0182. The van der Waals surface area contributed by atoms with Gasteiger partial charge in [0.1, 0.15) is 11.5 Å².